The molecule has 0 aromatic heterocycles. The first-order chi connectivity index (χ1) is 13.2. The van der Waals surface area contributed by atoms with Gasteiger partial charge in [0.2, 0.25) is 5.91 Å². The number of carboxylic acids is 1. The fourth-order valence-corrected chi connectivity index (χ4v) is 5.21. The van der Waals surface area contributed by atoms with E-state index in [9.17, 15) is 32.5 Å². The highest BCUT2D eigenvalue weighted by Crippen LogP contribution is 2.40. The zero-order valence-electron chi connectivity index (χ0n) is 14.4. The van der Waals surface area contributed by atoms with Gasteiger partial charge in [0.05, 0.1) is 12.9 Å². The SMILES string of the molecule is COC1=C(C(=O)O)N2C(=O)[C@@H](NC(=O)C(c3ccccc3)S(=O)(=O)O)[C@H]2SC1. The van der Waals surface area contributed by atoms with Gasteiger partial charge in [-0.2, -0.15) is 8.42 Å². The van der Waals surface area contributed by atoms with E-state index in [-0.39, 0.29) is 22.8 Å². The summed E-state index contributed by atoms with van der Waals surface area (Å²) < 4.78 is 38.0. The van der Waals surface area contributed by atoms with Crippen LogP contribution in [0.1, 0.15) is 10.8 Å². The molecule has 3 atom stereocenters. The molecule has 0 saturated carbocycles. The minimum absolute atomic E-state index is 0.0372. The Balaban J connectivity index is 1.83. The van der Waals surface area contributed by atoms with Gasteiger partial charge >= 0.3 is 5.97 Å². The molecule has 3 rings (SSSR count). The number of fused-ring (bicyclic) bond motifs is 1. The summed E-state index contributed by atoms with van der Waals surface area (Å²) in [5, 5.41) is 9.03. The molecule has 0 aliphatic carbocycles. The number of rotatable bonds is 6. The second-order valence-corrected chi connectivity index (χ2v) is 8.59. The quantitative estimate of drug-likeness (QED) is 0.419. The topological polar surface area (TPSA) is 150 Å². The number of β-lactam (4-membered cyclic amide) rings is 1. The third-order valence-electron chi connectivity index (χ3n) is 4.32. The molecular formula is C16H16N2O8S2. The van der Waals surface area contributed by atoms with Crippen molar-refractivity contribution >= 4 is 39.7 Å². The van der Waals surface area contributed by atoms with Crippen molar-refractivity contribution in [2.75, 3.05) is 12.9 Å². The molecule has 1 unspecified atom stereocenters. The monoisotopic (exact) mass is 428 g/mol. The number of nitrogens with zero attached hydrogens (tertiary/aromatic N) is 1. The largest absolute Gasteiger partial charge is 0.498 e. The van der Waals surface area contributed by atoms with Crippen LogP contribution >= 0.6 is 11.8 Å². The third-order valence-corrected chi connectivity index (χ3v) is 6.65. The molecule has 0 spiro atoms. The van der Waals surface area contributed by atoms with Crippen LogP contribution in [0, 0.1) is 0 Å². The van der Waals surface area contributed by atoms with Crippen molar-refractivity contribution in [3.8, 4) is 0 Å². The molecule has 150 valence electrons. The van der Waals surface area contributed by atoms with Crippen molar-refractivity contribution in [1.29, 1.82) is 0 Å². The maximum Gasteiger partial charge on any atom is 0.356 e. The van der Waals surface area contributed by atoms with Crippen molar-refractivity contribution in [3.05, 3.63) is 47.4 Å². The Bertz CT molecular complexity index is 960. The highest BCUT2D eigenvalue weighted by atomic mass is 32.2. The van der Waals surface area contributed by atoms with E-state index in [2.05, 4.69) is 5.32 Å². The molecule has 12 heteroatoms. The number of thioether (sulfide) groups is 1. The summed E-state index contributed by atoms with van der Waals surface area (Å²) in [5.41, 5.74) is -0.272. The average Bonchev–Trinajstić information content (AvgIpc) is 2.64. The number of carbonyl (C=O) groups excluding carboxylic acids is 2. The fraction of sp³-hybridized carbons (Fsp3) is 0.312. The van der Waals surface area contributed by atoms with Crippen molar-refractivity contribution in [2.24, 2.45) is 0 Å². The van der Waals surface area contributed by atoms with Gasteiger partial charge in [-0.25, -0.2) is 4.79 Å². The Labute approximate surface area is 164 Å². The lowest BCUT2D eigenvalue weighted by atomic mass is 10.0. The molecule has 28 heavy (non-hydrogen) atoms. The summed E-state index contributed by atoms with van der Waals surface area (Å²) in [7, 11) is -3.51. The number of ether oxygens (including phenoxy) is 1. The predicted octanol–water partition coefficient (Wildman–Crippen LogP) is -0.0420. The van der Waals surface area contributed by atoms with Gasteiger partial charge in [-0.15, -0.1) is 11.8 Å². The van der Waals surface area contributed by atoms with Crippen LogP contribution < -0.4 is 5.32 Å². The van der Waals surface area contributed by atoms with E-state index in [1.54, 1.807) is 6.07 Å². The van der Waals surface area contributed by atoms with Crippen LogP contribution in [0.15, 0.2) is 41.8 Å². The molecule has 3 N–H and O–H groups in total. The zero-order chi connectivity index (χ0) is 20.6. The van der Waals surface area contributed by atoms with E-state index < -0.39 is 44.6 Å². The van der Waals surface area contributed by atoms with Crippen LogP contribution in [0.2, 0.25) is 0 Å². The van der Waals surface area contributed by atoms with E-state index in [1.807, 2.05) is 0 Å². The third kappa shape index (κ3) is 3.45. The van der Waals surface area contributed by atoms with Crippen LogP contribution in [-0.2, 0) is 29.2 Å². The number of methoxy groups -OCH3 is 1. The summed E-state index contributed by atoms with van der Waals surface area (Å²) in [6.07, 6.45) is 0. The number of amides is 2. The maximum absolute atomic E-state index is 12.6. The van der Waals surface area contributed by atoms with Gasteiger partial charge in [-0.1, -0.05) is 30.3 Å². The number of carbonyl (C=O) groups is 3. The van der Waals surface area contributed by atoms with Crippen LogP contribution in [0.5, 0.6) is 0 Å². The van der Waals surface area contributed by atoms with Gasteiger partial charge in [0.1, 0.15) is 17.2 Å². The molecule has 10 nitrogen and oxygen atoms in total. The van der Waals surface area contributed by atoms with E-state index in [0.717, 1.165) is 4.90 Å². The van der Waals surface area contributed by atoms with Gasteiger partial charge < -0.3 is 15.2 Å². The number of aliphatic carboxylic acids is 1. The molecule has 0 bridgehead atoms. The summed E-state index contributed by atoms with van der Waals surface area (Å²) in [6.45, 7) is 0. The molecule has 1 aromatic rings. The second-order valence-electron chi connectivity index (χ2n) is 5.98. The first kappa shape index (κ1) is 20.2. The molecule has 2 amide bonds. The van der Waals surface area contributed by atoms with Crippen molar-refractivity contribution < 1.29 is 37.2 Å². The Kier molecular flexibility index (Phi) is 5.37. The first-order valence-electron chi connectivity index (χ1n) is 7.93. The summed E-state index contributed by atoms with van der Waals surface area (Å²) in [6, 6.07) is 6.21. The molecule has 2 aliphatic heterocycles. The summed E-state index contributed by atoms with van der Waals surface area (Å²) >= 11 is 1.17. The lowest BCUT2D eigenvalue weighted by molar-refractivity contribution is -0.151. The van der Waals surface area contributed by atoms with E-state index >= 15 is 0 Å². The van der Waals surface area contributed by atoms with Gasteiger partial charge in [0, 0.05) is 0 Å². The van der Waals surface area contributed by atoms with Gasteiger partial charge in [0.25, 0.3) is 16.0 Å². The molecule has 2 heterocycles. The molecule has 1 aromatic carbocycles. The Morgan fingerprint density at radius 2 is 1.96 bits per heavy atom. The number of hydrogen-bond acceptors (Lipinski definition) is 7. The maximum atomic E-state index is 12.6. The highest BCUT2D eigenvalue weighted by molar-refractivity contribution is 8.00. The highest BCUT2D eigenvalue weighted by Gasteiger charge is 2.55. The van der Waals surface area contributed by atoms with Crippen LogP contribution in [0.4, 0.5) is 0 Å². The number of benzene rings is 1. The minimum atomic E-state index is -4.80. The van der Waals surface area contributed by atoms with Crippen LogP contribution in [0.25, 0.3) is 0 Å². The summed E-state index contributed by atoms with van der Waals surface area (Å²) in [5.74, 6) is -2.85. The molecular weight excluding hydrogens is 412 g/mol. The smallest absolute Gasteiger partial charge is 0.356 e. The number of hydrogen-bond donors (Lipinski definition) is 3. The molecule has 0 radical (unpaired) electrons. The minimum Gasteiger partial charge on any atom is -0.498 e. The molecule has 1 saturated heterocycles. The average molecular weight is 428 g/mol. The molecule has 1 fully saturated rings. The second kappa shape index (κ2) is 7.45. The van der Waals surface area contributed by atoms with Crippen LogP contribution in [-0.4, -0.2) is 65.0 Å². The lowest BCUT2D eigenvalue weighted by Gasteiger charge is -2.49. The first-order valence-corrected chi connectivity index (χ1v) is 10.5. The Morgan fingerprint density at radius 3 is 2.50 bits per heavy atom. The lowest BCUT2D eigenvalue weighted by Crippen LogP contribution is -2.71. The van der Waals surface area contributed by atoms with Crippen molar-refractivity contribution in [2.45, 2.75) is 16.7 Å². The number of carboxylic acid groups (broad SMARTS) is 1. The van der Waals surface area contributed by atoms with Gasteiger partial charge in [0.15, 0.2) is 10.9 Å². The summed E-state index contributed by atoms with van der Waals surface area (Å²) in [4.78, 5) is 37.5. The standard InChI is InChI=1S/C16H16N2O8S2/c1-26-9-7-27-15-10(14(20)18(15)11(9)16(21)22)17-13(19)12(28(23,24)25)8-5-3-2-4-6-8/h2-6,10,12,15H,7H2,1H3,(H,17,19)(H,21,22)(H,23,24,25)/t10-,12?,15-/m1/s1. The van der Waals surface area contributed by atoms with E-state index in [0.29, 0.717) is 0 Å². The molecule has 2 aliphatic rings. The Hall–Kier alpha value is -2.57. The van der Waals surface area contributed by atoms with Gasteiger partial charge in [-0.3, -0.25) is 19.0 Å². The zero-order valence-corrected chi connectivity index (χ0v) is 16.1. The van der Waals surface area contributed by atoms with E-state index in [4.69, 9.17) is 4.74 Å². The number of nitrogens with one attached hydrogen (secondary N) is 1. The normalized spacial score (nSPS) is 22.8. The Morgan fingerprint density at radius 1 is 1.32 bits per heavy atom. The van der Waals surface area contributed by atoms with Gasteiger partial charge in [-0.05, 0) is 5.56 Å². The van der Waals surface area contributed by atoms with Crippen molar-refractivity contribution in [3.63, 3.8) is 0 Å². The van der Waals surface area contributed by atoms with Crippen LogP contribution in [0.3, 0.4) is 0 Å². The van der Waals surface area contributed by atoms with Crippen molar-refractivity contribution in [1.82, 2.24) is 10.2 Å². The van der Waals surface area contributed by atoms with E-state index in [1.165, 1.54) is 43.1 Å². The fourth-order valence-electron chi connectivity index (χ4n) is 3.06. The predicted molar refractivity (Wildman–Crippen MR) is 97.4 cm³/mol.